The van der Waals surface area contributed by atoms with Crippen molar-refractivity contribution in [1.82, 2.24) is 0 Å². The van der Waals surface area contributed by atoms with Gasteiger partial charge in [0, 0.05) is 12.1 Å². The lowest BCUT2D eigenvalue weighted by Crippen LogP contribution is -2.29. The molecule has 1 fully saturated rings. The first-order valence-corrected chi connectivity index (χ1v) is 6.76. The Balaban J connectivity index is 2.08. The standard InChI is InChI=1S/C14H19ClFNO/c1-8-3-4-10(5-9(8)2)18-14-6-11(15)12(16)7-13(14)17/h6-10H,3-5,17H2,1-2H3. The minimum atomic E-state index is -0.507. The molecule has 4 heteroatoms. The van der Waals surface area contributed by atoms with Crippen molar-refractivity contribution in [3.05, 3.63) is 23.0 Å². The molecule has 0 aromatic heterocycles. The molecule has 1 aliphatic carbocycles. The molecule has 1 saturated carbocycles. The van der Waals surface area contributed by atoms with Crippen LogP contribution >= 0.6 is 11.6 Å². The lowest BCUT2D eigenvalue weighted by molar-refractivity contribution is 0.101. The molecule has 2 N–H and O–H groups in total. The molecule has 18 heavy (non-hydrogen) atoms. The van der Waals surface area contributed by atoms with Crippen molar-refractivity contribution in [2.75, 3.05) is 5.73 Å². The van der Waals surface area contributed by atoms with Crippen LogP contribution in [0.2, 0.25) is 5.02 Å². The molecule has 100 valence electrons. The summed E-state index contributed by atoms with van der Waals surface area (Å²) in [6, 6.07) is 2.68. The van der Waals surface area contributed by atoms with E-state index >= 15 is 0 Å². The third-order valence-electron chi connectivity index (χ3n) is 3.90. The van der Waals surface area contributed by atoms with Crippen molar-refractivity contribution in [3.63, 3.8) is 0 Å². The third-order valence-corrected chi connectivity index (χ3v) is 4.19. The summed E-state index contributed by atoms with van der Waals surface area (Å²) in [5.41, 5.74) is 6.05. The molecule has 0 amide bonds. The molecule has 0 aliphatic heterocycles. The molecule has 2 rings (SSSR count). The van der Waals surface area contributed by atoms with Crippen molar-refractivity contribution in [2.24, 2.45) is 11.8 Å². The van der Waals surface area contributed by atoms with E-state index in [0.29, 0.717) is 17.4 Å². The molecule has 0 bridgehead atoms. The van der Waals surface area contributed by atoms with Crippen molar-refractivity contribution in [3.8, 4) is 5.75 Å². The van der Waals surface area contributed by atoms with E-state index in [0.717, 1.165) is 25.2 Å². The molecule has 1 aromatic rings. The van der Waals surface area contributed by atoms with Crippen LogP contribution in [0.5, 0.6) is 5.75 Å². The number of anilines is 1. The van der Waals surface area contributed by atoms with Crippen molar-refractivity contribution >= 4 is 17.3 Å². The van der Waals surface area contributed by atoms with Crippen LogP contribution in [0.1, 0.15) is 33.1 Å². The van der Waals surface area contributed by atoms with Gasteiger partial charge in [-0.25, -0.2) is 4.39 Å². The zero-order chi connectivity index (χ0) is 13.3. The predicted octanol–water partition coefficient (Wildman–Crippen LogP) is 4.26. The van der Waals surface area contributed by atoms with E-state index in [4.69, 9.17) is 22.1 Å². The Morgan fingerprint density at radius 3 is 2.67 bits per heavy atom. The Morgan fingerprint density at radius 1 is 1.28 bits per heavy atom. The molecule has 3 atom stereocenters. The number of hydrogen-bond donors (Lipinski definition) is 1. The van der Waals surface area contributed by atoms with Crippen LogP contribution in [-0.2, 0) is 0 Å². The monoisotopic (exact) mass is 271 g/mol. The van der Waals surface area contributed by atoms with Crippen molar-refractivity contribution in [1.29, 1.82) is 0 Å². The van der Waals surface area contributed by atoms with E-state index in [1.165, 1.54) is 12.1 Å². The molecular weight excluding hydrogens is 253 g/mol. The molecule has 0 spiro atoms. The zero-order valence-electron chi connectivity index (χ0n) is 10.7. The zero-order valence-corrected chi connectivity index (χ0v) is 11.5. The van der Waals surface area contributed by atoms with Crippen molar-refractivity contribution in [2.45, 2.75) is 39.2 Å². The maximum absolute atomic E-state index is 13.2. The lowest BCUT2D eigenvalue weighted by atomic mass is 9.80. The average Bonchev–Trinajstić information content (AvgIpc) is 2.31. The van der Waals surface area contributed by atoms with Crippen LogP contribution in [-0.4, -0.2) is 6.10 Å². The summed E-state index contributed by atoms with van der Waals surface area (Å²) >= 11 is 5.74. The fourth-order valence-electron chi connectivity index (χ4n) is 2.43. The quantitative estimate of drug-likeness (QED) is 0.816. The largest absolute Gasteiger partial charge is 0.488 e. The van der Waals surface area contributed by atoms with Crippen LogP contribution < -0.4 is 10.5 Å². The van der Waals surface area contributed by atoms with Crippen molar-refractivity contribution < 1.29 is 9.13 Å². The second kappa shape index (κ2) is 5.35. The molecule has 3 unspecified atom stereocenters. The van der Waals surface area contributed by atoms with Gasteiger partial charge in [-0.1, -0.05) is 25.4 Å². The highest BCUT2D eigenvalue weighted by Gasteiger charge is 2.26. The Labute approximate surface area is 112 Å². The minimum Gasteiger partial charge on any atom is -0.488 e. The molecular formula is C14H19ClFNO. The molecule has 1 aliphatic rings. The second-order valence-corrected chi connectivity index (χ2v) is 5.72. The van der Waals surface area contributed by atoms with Crippen LogP contribution in [0.3, 0.4) is 0 Å². The van der Waals surface area contributed by atoms with E-state index in [9.17, 15) is 4.39 Å². The smallest absolute Gasteiger partial charge is 0.144 e. The summed E-state index contributed by atoms with van der Waals surface area (Å²) in [6.07, 6.45) is 3.33. The Morgan fingerprint density at radius 2 is 2.00 bits per heavy atom. The highest BCUT2D eigenvalue weighted by atomic mass is 35.5. The number of hydrogen-bond acceptors (Lipinski definition) is 2. The van der Waals surface area contributed by atoms with Gasteiger partial charge in [0.15, 0.2) is 0 Å². The number of nitrogen functional groups attached to an aromatic ring is 1. The van der Waals surface area contributed by atoms with Gasteiger partial charge in [0.2, 0.25) is 0 Å². The van der Waals surface area contributed by atoms with Gasteiger partial charge in [-0.3, -0.25) is 0 Å². The van der Waals surface area contributed by atoms with E-state index in [1.54, 1.807) is 0 Å². The second-order valence-electron chi connectivity index (χ2n) is 5.31. The number of rotatable bonds is 2. The van der Waals surface area contributed by atoms with Gasteiger partial charge in [0.05, 0.1) is 16.8 Å². The van der Waals surface area contributed by atoms with Crippen LogP contribution in [0, 0.1) is 17.7 Å². The SMILES string of the molecule is CC1CCC(Oc2cc(Cl)c(F)cc2N)CC1C. The number of benzene rings is 1. The molecule has 0 heterocycles. The fraction of sp³-hybridized carbons (Fsp3) is 0.571. The van der Waals surface area contributed by atoms with Gasteiger partial charge in [0.1, 0.15) is 11.6 Å². The summed E-state index contributed by atoms with van der Waals surface area (Å²) in [7, 11) is 0. The van der Waals surface area contributed by atoms with Gasteiger partial charge in [0.25, 0.3) is 0 Å². The summed E-state index contributed by atoms with van der Waals surface area (Å²) in [5, 5.41) is 0.0522. The maximum atomic E-state index is 13.2. The van der Waals surface area contributed by atoms with E-state index < -0.39 is 5.82 Å². The van der Waals surface area contributed by atoms with Crippen LogP contribution in [0.4, 0.5) is 10.1 Å². The summed E-state index contributed by atoms with van der Waals surface area (Å²) in [5.74, 6) is 1.36. The maximum Gasteiger partial charge on any atom is 0.144 e. The normalized spacial score (nSPS) is 28.1. The first-order chi connectivity index (χ1) is 8.47. The number of nitrogens with two attached hydrogens (primary N) is 1. The van der Waals surface area contributed by atoms with Gasteiger partial charge in [-0.2, -0.15) is 0 Å². The topological polar surface area (TPSA) is 35.2 Å². The van der Waals surface area contributed by atoms with E-state index in [2.05, 4.69) is 13.8 Å². The van der Waals surface area contributed by atoms with E-state index in [-0.39, 0.29) is 11.1 Å². The summed E-state index contributed by atoms with van der Waals surface area (Å²) in [4.78, 5) is 0. The van der Waals surface area contributed by atoms with Gasteiger partial charge in [-0.15, -0.1) is 0 Å². The first-order valence-electron chi connectivity index (χ1n) is 6.38. The fourth-order valence-corrected chi connectivity index (χ4v) is 2.58. The predicted molar refractivity (Wildman–Crippen MR) is 72.4 cm³/mol. The lowest BCUT2D eigenvalue weighted by Gasteiger charge is -2.32. The summed E-state index contributed by atoms with van der Waals surface area (Å²) < 4.78 is 19.0. The Bertz CT molecular complexity index is 438. The van der Waals surface area contributed by atoms with E-state index in [1.807, 2.05) is 0 Å². The van der Waals surface area contributed by atoms with Crippen LogP contribution in [0.25, 0.3) is 0 Å². The molecule has 2 nitrogen and oxygen atoms in total. The minimum absolute atomic E-state index is 0.0522. The Hall–Kier alpha value is -0.960. The summed E-state index contributed by atoms with van der Waals surface area (Å²) in [6.45, 7) is 4.51. The third kappa shape index (κ3) is 2.89. The Kier molecular flexibility index (Phi) is 4.00. The van der Waals surface area contributed by atoms with Gasteiger partial charge < -0.3 is 10.5 Å². The first kappa shape index (κ1) is 13.5. The molecule has 1 aromatic carbocycles. The van der Waals surface area contributed by atoms with Crippen LogP contribution in [0.15, 0.2) is 12.1 Å². The molecule has 0 radical (unpaired) electrons. The number of halogens is 2. The molecule has 0 saturated heterocycles. The number of ether oxygens (including phenoxy) is 1. The van der Waals surface area contributed by atoms with Gasteiger partial charge in [-0.05, 0) is 31.1 Å². The average molecular weight is 272 g/mol. The highest BCUT2D eigenvalue weighted by molar-refractivity contribution is 6.31. The van der Waals surface area contributed by atoms with Gasteiger partial charge >= 0.3 is 0 Å². The highest BCUT2D eigenvalue weighted by Crippen LogP contribution is 2.35.